The lowest BCUT2D eigenvalue weighted by atomic mass is 10.3. The Bertz CT molecular complexity index is 339. The van der Waals surface area contributed by atoms with Crippen molar-refractivity contribution in [2.24, 2.45) is 0 Å². The third kappa shape index (κ3) is 2.18. The van der Waals surface area contributed by atoms with Crippen LogP contribution in [0.2, 0.25) is 0 Å². The second-order valence-corrected chi connectivity index (χ2v) is 3.25. The fourth-order valence-electron chi connectivity index (χ4n) is 0.913. The number of nitrogens with zero attached hydrogens (tertiary/aromatic N) is 3. The average molecular weight is 195 g/mol. The summed E-state index contributed by atoms with van der Waals surface area (Å²) in [6, 6.07) is 1.96. The van der Waals surface area contributed by atoms with Gasteiger partial charge in [-0.15, -0.1) is 0 Å². The van der Waals surface area contributed by atoms with Crippen molar-refractivity contribution in [1.29, 1.82) is 0 Å². The first kappa shape index (κ1) is 10.4. The molecule has 0 atom stereocenters. The Morgan fingerprint density at radius 2 is 2.21 bits per heavy atom. The van der Waals surface area contributed by atoms with Crippen LogP contribution in [0, 0.1) is 0 Å². The largest absolute Gasteiger partial charge is 0.475 e. The van der Waals surface area contributed by atoms with Gasteiger partial charge in [0.25, 0.3) is 0 Å². The van der Waals surface area contributed by atoms with Crippen molar-refractivity contribution in [3.8, 4) is 0 Å². The van der Waals surface area contributed by atoms with Gasteiger partial charge >= 0.3 is 5.97 Å². The average Bonchev–Trinajstić information content (AvgIpc) is 2.16. The lowest BCUT2D eigenvalue weighted by Crippen LogP contribution is -2.27. The van der Waals surface area contributed by atoms with Crippen LogP contribution in [0.4, 0.5) is 5.82 Å². The van der Waals surface area contributed by atoms with E-state index in [1.807, 2.05) is 25.8 Å². The Morgan fingerprint density at radius 1 is 1.57 bits per heavy atom. The summed E-state index contributed by atoms with van der Waals surface area (Å²) in [5, 5.41) is 8.69. The maximum atomic E-state index is 10.6. The zero-order chi connectivity index (χ0) is 10.7. The van der Waals surface area contributed by atoms with Gasteiger partial charge in [-0.1, -0.05) is 0 Å². The van der Waals surface area contributed by atoms with E-state index >= 15 is 0 Å². The summed E-state index contributed by atoms with van der Waals surface area (Å²) in [5.74, 6) is -0.661. The normalized spacial score (nSPS) is 10.3. The first-order chi connectivity index (χ1) is 6.52. The van der Waals surface area contributed by atoms with E-state index in [1.165, 1.54) is 6.20 Å². The number of carboxylic acids is 1. The van der Waals surface area contributed by atoms with Crippen LogP contribution in [0.25, 0.3) is 0 Å². The lowest BCUT2D eigenvalue weighted by Gasteiger charge is -2.22. The number of aromatic nitrogens is 2. The molecule has 0 saturated heterocycles. The van der Waals surface area contributed by atoms with Crippen molar-refractivity contribution < 1.29 is 9.90 Å². The molecule has 1 aromatic heterocycles. The van der Waals surface area contributed by atoms with Crippen molar-refractivity contribution in [2.45, 2.75) is 19.9 Å². The van der Waals surface area contributed by atoms with Gasteiger partial charge in [-0.05, 0) is 19.9 Å². The van der Waals surface area contributed by atoms with Crippen LogP contribution in [0.15, 0.2) is 12.3 Å². The molecule has 76 valence electrons. The van der Waals surface area contributed by atoms with Gasteiger partial charge in [0.1, 0.15) is 5.82 Å². The van der Waals surface area contributed by atoms with Crippen LogP contribution in [0.5, 0.6) is 0 Å². The summed E-state index contributed by atoms with van der Waals surface area (Å²) < 4.78 is 0. The van der Waals surface area contributed by atoms with Crippen molar-refractivity contribution in [3.05, 3.63) is 18.1 Å². The van der Waals surface area contributed by atoms with Crippen LogP contribution in [0.3, 0.4) is 0 Å². The van der Waals surface area contributed by atoms with Gasteiger partial charge in [0.2, 0.25) is 5.82 Å². The summed E-state index contributed by atoms with van der Waals surface area (Å²) in [5.41, 5.74) is 0. The molecule has 0 unspecified atom stereocenters. The van der Waals surface area contributed by atoms with Gasteiger partial charge in [0.15, 0.2) is 0 Å². The molecule has 14 heavy (non-hydrogen) atoms. The number of rotatable bonds is 3. The van der Waals surface area contributed by atoms with Crippen LogP contribution in [-0.4, -0.2) is 34.1 Å². The molecular formula is C9H13N3O2. The second kappa shape index (κ2) is 4.04. The highest BCUT2D eigenvalue weighted by Crippen LogP contribution is 2.10. The van der Waals surface area contributed by atoms with Crippen LogP contribution in [-0.2, 0) is 0 Å². The molecule has 0 radical (unpaired) electrons. The molecule has 0 aromatic carbocycles. The highest BCUT2D eigenvalue weighted by Gasteiger charge is 2.11. The van der Waals surface area contributed by atoms with E-state index in [0.717, 1.165) is 0 Å². The minimum atomic E-state index is -1.11. The number of aromatic carboxylic acids is 1. The van der Waals surface area contributed by atoms with Crippen LogP contribution >= 0.6 is 0 Å². The Balaban J connectivity index is 2.99. The summed E-state index contributed by atoms with van der Waals surface area (Å²) >= 11 is 0. The van der Waals surface area contributed by atoms with Gasteiger partial charge in [-0.3, -0.25) is 0 Å². The highest BCUT2D eigenvalue weighted by molar-refractivity contribution is 5.83. The molecule has 0 amide bonds. The first-order valence-corrected chi connectivity index (χ1v) is 4.31. The standard InChI is InChI=1S/C9H13N3O2/c1-6(2)12(3)7-4-5-10-8(11-7)9(13)14/h4-6H,1-3H3,(H,13,14). The molecule has 0 saturated carbocycles. The summed E-state index contributed by atoms with van der Waals surface area (Å²) in [6.07, 6.45) is 1.45. The molecule has 1 rings (SSSR count). The predicted octanol–water partition coefficient (Wildman–Crippen LogP) is 1.02. The Morgan fingerprint density at radius 3 is 2.71 bits per heavy atom. The Kier molecular flexibility index (Phi) is 3.01. The van der Waals surface area contributed by atoms with Crippen molar-refractivity contribution in [2.75, 3.05) is 11.9 Å². The van der Waals surface area contributed by atoms with Gasteiger partial charge in [0.05, 0.1) is 0 Å². The molecule has 1 aromatic rings. The molecule has 0 aliphatic carbocycles. The van der Waals surface area contributed by atoms with E-state index in [1.54, 1.807) is 6.07 Å². The van der Waals surface area contributed by atoms with Crippen molar-refractivity contribution in [1.82, 2.24) is 9.97 Å². The topological polar surface area (TPSA) is 66.3 Å². The van der Waals surface area contributed by atoms with Crippen molar-refractivity contribution >= 4 is 11.8 Å². The van der Waals surface area contributed by atoms with Crippen molar-refractivity contribution in [3.63, 3.8) is 0 Å². The highest BCUT2D eigenvalue weighted by atomic mass is 16.4. The van der Waals surface area contributed by atoms with Crippen LogP contribution < -0.4 is 4.90 Å². The molecule has 1 heterocycles. The number of carboxylic acid groups (broad SMARTS) is 1. The van der Waals surface area contributed by atoms with Gasteiger partial charge in [0, 0.05) is 19.3 Å². The maximum Gasteiger partial charge on any atom is 0.374 e. The molecular weight excluding hydrogens is 182 g/mol. The van der Waals surface area contributed by atoms with E-state index in [4.69, 9.17) is 5.11 Å². The van der Waals surface area contributed by atoms with Gasteiger partial charge in [-0.2, -0.15) is 0 Å². The maximum absolute atomic E-state index is 10.6. The number of hydrogen-bond donors (Lipinski definition) is 1. The molecule has 0 bridgehead atoms. The van der Waals surface area contributed by atoms with Gasteiger partial charge in [-0.25, -0.2) is 14.8 Å². The Hall–Kier alpha value is -1.65. The second-order valence-electron chi connectivity index (χ2n) is 3.25. The lowest BCUT2D eigenvalue weighted by molar-refractivity contribution is 0.0683. The van der Waals surface area contributed by atoms with E-state index in [-0.39, 0.29) is 11.9 Å². The monoisotopic (exact) mass is 195 g/mol. The molecule has 0 aliphatic rings. The predicted molar refractivity (Wildman–Crippen MR) is 52.5 cm³/mol. The third-order valence-electron chi connectivity index (χ3n) is 1.97. The molecule has 0 aliphatic heterocycles. The van der Waals surface area contributed by atoms with E-state index in [9.17, 15) is 4.79 Å². The summed E-state index contributed by atoms with van der Waals surface area (Å²) in [6.45, 7) is 4.01. The number of anilines is 1. The van der Waals surface area contributed by atoms with E-state index < -0.39 is 5.97 Å². The number of hydrogen-bond acceptors (Lipinski definition) is 4. The zero-order valence-electron chi connectivity index (χ0n) is 8.43. The third-order valence-corrected chi connectivity index (χ3v) is 1.97. The smallest absolute Gasteiger partial charge is 0.374 e. The van der Waals surface area contributed by atoms with E-state index in [0.29, 0.717) is 5.82 Å². The molecule has 1 N–H and O–H groups in total. The minimum Gasteiger partial charge on any atom is -0.475 e. The van der Waals surface area contributed by atoms with Crippen LogP contribution in [0.1, 0.15) is 24.5 Å². The molecule has 5 heteroatoms. The molecule has 0 spiro atoms. The van der Waals surface area contributed by atoms with Gasteiger partial charge < -0.3 is 10.0 Å². The minimum absolute atomic E-state index is 0.171. The zero-order valence-corrected chi connectivity index (χ0v) is 8.43. The first-order valence-electron chi connectivity index (χ1n) is 4.31. The van der Waals surface area contributed by atoms with E-state index in [2.05, 4.69) is 9.97 Å². The molecule has 5 nitrogen and oxygen atoms in total. The fourth-order valence-corrected chi connectivity index (χ4v) is 0.913. The SMILES string of the molecule is CC(C)N(C)c1ccnc(C(=O)O)n1. The Labute approximate surface area is 82.4 Å². The fraction of sp³-hybridized carbons (Fsp3) is 0.444. The molecule has 0 fully saturated rings. The number of carbonyl (C=O) groups is 1. The summed E-state index contributed by atoms with van der Waals surface area (Å²) in [7, 11) is 1.86. The summed E-state index contributed by atoms with van der Waals surface area (Å²) in [4.78, 5) is 20.0. The quantitative estimate of drug-likeness (QED) is 0.780.